The molecule has 94 valence electrons. The van der Waals surface area contributed by atoms with Crippen molar-refractivity contribution in [1.29, 1.82) is 0 Å². The van der Waals surface area contributed by atoms with Crippen LogP contribution in [0.15, 0.2) is 42.5 Å². The van der Waals surface area contributed by atoms with Crippen molar-refractivity contribution >= 4 is 16.6 Å². The van der Waals surface area contributed by atoms with Crippen LogP contribution >= 0.6 is 0 Å². The Labute approximate surface area is 107 Å². The molecule has 2 nitrogen and oxygen atoms in total. The Kier molecular flexibility index (Phi) is 3.22. The van der Waals surface area contributed by atoms with Crippen molar-refractivity contribution in [1.82, 2.24) is 0 Å². The zero-order valence-corrected chi connectivity index (χ0v) is 11.0. The van der Waals surface area contributed by atoms with Gasteiger partial charge in [-0.1, -0.05) is 63.2 Å². The van der Waals surface area contributed by atoms with Gasteiger partial charge in [0.1, 0.15) is 6.10 Å². The first-order valence-electron chi connectivity index (χ1n) is 6.11. The van der Waals surface area contributed by atoms with E-state index < -0.39 is 11.5 Å². The quantitative estimate of drug-likeness (QED) is 0.875. The number of hydrogen-bond acceptors (Lipinski definition) is 2. The molecule has 18 heavy (non-hydrogen) atoms. The van der Waals surface area contributed by atoms with Gasteiger partial charge in [0.15, 0.2) is 5.78 Å². The number of fused-ring (bicyclic) bond motifs is 1. The van der Waals surface area contributed by atoms with E-state index in [1.165, 1.54) is 0 Å². The van der Waals surface area contributed by atoms with E-state index in [9.17, 15) is 9.90 Å². The van der Waals surface area contributed by atoms with Crippen LogP contribution in [0, 0.1) is 5.41 Å². The van der Waals surface area contributed by atoms with Gasteiger partial charge in [0.25, 0.3) is 0 Å². The summed E-state index contributed by atoms with van der Waals surface area (Å²) >= 11 is 0. The fourth-order valence-electron chi connectivity index (χ4n) is 2.04. The molecule has 0 fully saturated rings. The van der Waals surface area contributed by atoms with Crippen molar-refractivity contribution in [2.75, 3.05) is 0 Å². The molecule has 0 spiro atoms. The highest BCUT2D eigenvalue weighted by atomic mass is 16.3. The van der Waals surface area contributed by atoms with Crippen molar-refractivity contribution in [3.8, 4) is 0 Å². The van der Waals surface area contributed by atoms with Crippen LogP contribution < -0.4 is 0 Å². The van der Waals surface area contributed by atoms with Crippen LogP contribution in [0.4, 0.5) is 0 Å². The molecule has 1 atom stereocenters. The molecular formula is C16H18O2. The van der Waals surface area contributed by atoms with Crippen molar-refractivity contribution in [2.24, 2.45) is 5.41 Å². The highest BCUT2D eigenvalue weighted by molar-refractivity contribution is 5.94. The molecule has 0 bridgehead atoms. The fourth-order valence-corrected chi connectivity index (χ4v) is 2.04. The van der Waals surface area contributed by atoms with E-state index >= 15 is 0 Å². The van der Waals surface area contributed by atoms with Gasteiger partial charge < -0.3 is 5.11 Å². The molecule has 1 N–H and O–H groups in total. The minimum absolute atomic E-state index is 0.154. The third-order valence-electron chi connectivity index (χ3n) is 3.11. The number of rotatable bonds is 2. The Hall–Kier alpha value is -1.67. The van der Waals surface area contributed by atoms with Gasteiger partial charge in [-0.2, -0.15) is 0 Å². The molecule has 0 radical (unpaired) electrons. The average Bonchev–Trinajstić information content (AvgIpc) is 2.35. The second kappa shape index (κ2) is 4.54. The summed E-state index contributed by atoms with van der Waals surface area (Å²) in [5, 5.41) is 12.2. The summed E-state index contributed by atoms with van der Waals surface area (Å²) in [6, 6.07) is 13.4. The second-order valence-corrected chi connectivity index (χ2v) is 5.59. The SMILES string of the molecule is CC(C)(C)C(=O)C(O)c1cccc2ccccc12. The lowest BCUT2D eigenvalue weighted by Crippen LogP contribution is -2.26. The minimum Gasteiger partial charge on any atom is -0.381 e. The average molecular weight is 242 g/mol. The first-order chi connectivity index (χ1) is 8.41. The van der Waals surface area contributed by atoms with E-state index in [4.69, 9.17) is 0 Å². The third kappa shape index (κ3) is 2.29. The van der Waals surface area contributed by atoms with Gasteiger partial charge in [0.05, 0.1) is 0 Å². The van der Waals surface area contributed by atoms with Crippen molar-refractivity contribution < 1.29 is 9.90 Å². The monoisotopic (exact) mass is 242 g/mol. The maximum absolute atomic E-state index is 12.2. The Bertz CT molecular complexity index is 574. The number of hydrogen-bond donors (Lipinski definition) is 1. The standard InChI is InChI=1S/C16H18O2/c1-16(2,3)15(18)14(17)13-10-6-8-11-7-4-5-9-12(11)13/h4-10,14,17H,1-3H3. The topological polar surface area (TPSA) is 37.3 Å². The van der Waals surface area contributed by atoms with Gasteiger partial charge in [-0.15, -0.1) is 0 Å². The molecule has 0 aliphatic heterocycles. The van der Waals surface area contributed by atoms with E-state index in [0.717, 1.165) is 10.8 Å². The summed E-state index contributed by atoms with van der Waals surface area (Å²) in [6.45, 7) is 5.47. The summed E-state index contributed by atoms with van der Waals surface area (Å²) in [7, 11) is 0. The van der Waals surface area contributed by atoms with Crippen LogP contribution in [0.1, 0.15) is 32.4 Å². The molecule has 0 heterocycles. The van der Waals surface area contributed by atoms with Gasteiger partial charge in [0.2, 0.25) is 0 Å². The number of carbonyl (C=O) groups excluding carboxylic acids is 1. The lowest BCUT2D eigenvalue weighted by molar-refractivity contribution is -0.135. The number of benzene rings is 2. The van der Waals surface area contributed by atoms with Gasteiger partial charge >= 0.3 is 0 Å². The van der Waals surface area contributed by atoms with Gasteiger partial charge in [0, 0.05) is 5.41 Å². The zero-order chi connectivity index (χ0) is 13.3. The van der Waals surface area contributed by atoms with E-state index in [-0.39, 0.29) is 5.78 Å². The largest absolute Gasteiger partial charge is 0.381 e. The molecule has 0 aliphatic rings. The third-order valence-corrected chi connectivity index (χ3v) is 3.11. The van der Waals surface area contributed by atoms with Crippen molar-refractivity contribution in [3.63, 3.8) is 0 Å². The number of ketones is 1. The van der Waals surface area contributed by atoms with Crippen LogP contribution in [0.3, 0.4) is 0 Å². The zero-order valence-electron chi connectivity index (χ0n) is 11.0. The summed E-state index contributed by atoms with van der Waals surface area (Å²) in [5.41, 5.74) is 0.143. The Morgan fingerprint density at radius 3 is 2.33 bits per heavy atom. The molecule has 2 rings (SSSR count). The molecule has 1 unspecified atom stereocenters. The molecule has 2 heteroatoms. The highest BCUT2D eigenvalue weighted by Crippen LogP contribution is 2.30. The van der Waals surface area contributed by atoms with Crippen LogP contribution in [-0.2, 0) is 4.79 Å². The molecule has 0 saturated heterocycles. The van der Waals surface area contributed by atoms with E-state index in [1.807, 2.05) is 63.2 Å². The van der Waals surface area contributed by atoms with E-state index in [0.29, 0.717) is 5.56 Å². The van der Waals surface area contributed by atoms with E-state index in [2.05, 4.69) is 0 Å². The summed E-state index contributed by atoms with van der Waals surface area (Å²) in [4.78, 5) is 12.2. The van der Waals surface area contributed by atoms with Gasteiger partial charge in [-0.25, -0.2) is 0 Å². The van der Waals surface area contributed by atoms with Crippen LogP contribution in [0.5, 0.6) is 0 Å². The Morgan fingerprint density at radius 2 is 1.67 bits per heavy atom. The molecular weight excluding hydrogens is 224 g/mol. The Balaban J connectivity index is 2.52. The fraction of sp³-hybridized carbons (Fsp3) is 0.312. The lowest BCUT2D eigenvalue weighted by Gasteiger charge is -2.22. The smallest absolute Gasteiger partial charge is 0.171 e. The number of Topliss-reactive ketones (excluding diaryl/α,β-unsaturated/α-hetero) is 1. The molecule has 0 aliphatic carbocycles. The number of carbonyl (C=O) groups is 1. The lowest BCUT2D eigenvalue weighted by atomic mass is 9.84. The van der Waals surface area contributed by atoms with Crippen LogP contribution in [0.2, 0.25) is 0 Å². The summed E-state index contributed by atoms with van der Waals surface area (Å²) < 4.78 is 0. The van der Waals surface area contributed by atoms with Gasteiger partial charge in [-0.3, -0.25) is 4.79 Å². The Morgan fingerprint density at radius 1 is 1.06 bits per heavy atom. The van der Waals surface area contributed by atoms with Crippen LogP contribution in [0.25, 0.3) is 10.8 Å². The molecule has 2 aromatic rings. The number of aliphatic hydroxyl groups excluding tert-OH is 1. The maximum Gasteiger partial charge on any atom is 0.171 e. The highest BCUT2D eigenvalue weighted by Gasteiger charge is 2.29. The molecule has 0 saturated carbocycles. The van der Waals surface area contributed by atoms with Crippen molar-refractivity contribution in [2.45, 2.75) is 26.9 Å². The molecule has 2 aromatic carbocycles. The summed E-state index contributed by atoms with van der Waals surface area (Å²) in [5.74, 6) is -0.154. The van der Waals surface area contributed by atoms with E-state index in [1.54, 1.807) is 0 Å². The van der Waals surface area contributed by atoms with Crippen molar-refractivity contribution in [3.05, 3.63) is 48.0 Å². The predicted molar refractivity (Wildman–Crippen MR) is 73.4 cm³/mol. The van der Waals surface area contributed by atoms with Crippen LogP contribution in [-0.4, -0.2) is 10.9 Å². The first kappa shape index (κ1) is 12.8. The molecule has 0 amide bonds. The first-order valence-corrected chi connectivity index (χ1v) is 6.11. The normalized spacial score (nSPS) is 13.6. The minimum atomic E-state index is -1.06. The summed E-state index contributed by atoms with van der Waals surface area (Å²) in [6.07, 6.45) is -1.06. The number of aliphatic hydroxyl groups is 1. The maximum atomic E-state index is 12.2. The predicted octanol–water partition coefficient (Wildman–Crippen LogP) is 3.49. The second-order valence-electron chi connectivity index (χ2n) is 5.59. The van der Waals surface area contributed by atoms with Gasteiger partial charge in [-0.05, 0) is 16.3 Å². The molecule has 0 aromatic heterocycles.